The number of benzene rings is 2. The van der Waals surface area contributed by atoms with E-state index in [-0.39, 0.29) is 23.2 Å². The first kappa shape index (κ1) is 19.5. The third-order valence-corrected chi connectivity index (χ3v) is 4.31. The highest BCUT2D eigenvalue weighted by atomic mass is 19.1. The number of halogens is 2. The molecule has 6 heteroatoms. The molecule has 2 aromatic carbocycles. The number of carbonyl (C=O) groups excluding carboxylic acids is 1. The maximum atomic E-state index is 13.6. The van der Waals surface area contributed by atoms with Crippen LogP contribution in [0, 0.1) is 11.6 Å². The Morgan fingerprint density at radius 1 is 0.857 bits per heavy atom. The Kier molecular flexibility index (Phi) is 6.68. The van der Waals surface area contributed by atoms with Crippen molar-refractivity contribution in [1.82, 2.24) is 10.3 Å². The quantitative estimate of drug-likeness (QED) is 0.620. The molecule has 3 rings (SSSR count). The van der Waals surface area contributed by atoms with E-state index in [9.17, 15) is 13.6 Å². The van der Waals surface area contributed by atoms with Gasteiger partial charge in [0, 0.05) is 25.0 Å². The second-order valence-corrected chi connectivity index (χ2v) is 6.30. The fraction of sp³-hybridized carbons (Fsp3) is 0.182. The summed E-state index contributed by atoms with van der Waals surface area (Å²) in [5.41, 5.74) is 2.18. The van der Waals surface area contributed by atoms with E-state index in [1.54, 1.807) is 48.5 Å². The Bertz CT molecular complexity index is 946. The second kappa shape index (κ2) is 9.60. The van der Waals surface area contributed by atoms with Crippen molar-refractivity contribution in [2.45, 2.75) is 12.8 Å². The fourth-order valence-electron chi connectivity index (χ4n) is 2.81. The van der Waals surface area contributed by atoms with Crippen molar-refractivity contribution in [3.05, 3.63) is 95.3 Å². The van der Waals surface area contributed by atoms with Gasteiger partial charge in [0.1, 0.15) is 17.3 Å². The largest absolute Gasteiger partial charge is 0.385 e. The lowest BCUT2D eigenvalue weighted by molar-refractivity contribution is 0.0949. The van der Waals surface area contributed by atoms with E-state index in [2.05, 4.69) is 15.6 Å². The number of nitrogens with one attached hydrogen (secondary N) is 2. The van der Waals surface area contributed by atoms with Crippen LogP contribution < -0.4 is 10.6 Å². The first-order chi connectivity index (χ1) is 13.6. The van der Waals surface area contributed by atoms with Crippen LogP contribution in [-0.4, -0.2) is 24.0 Å². The van der Waals surface area contributed by atoms with Crippen molar-refractivity contribution < 1.29 is 13.6 Å². The number of hydrogen-bond acceptors (Lipinski definition) is 3. The summed E-state index contributed by atoms with van der Waals surface area (Å²) in [6.45, 7) is 0.839. The van der Waals surface area contributed by atoms with E-state index in [0.717, 1.165) is 5.69 Å². The predicted molar refractivity (Wildman–Crippen MR) is 105 cm³/mol. The summed E-state index contributed by atoms with van der Waals surface area (Å²) in [5.74, 6) is -0.834. The van der Waals surface area contributed by atoms with Gasteiger partial charge in [-0.25, -0.2) is 8.78 Å². The van der Waals surface area contributed by atoms with Crippen molar-refractivity contribution in [2.24, 2.45) is 0 Å². The van der Waals surface area contributed by atoms with Crippen LogP contribution >= 0.6 is 0 Å². The number of amides is 1. The van der Waals surface area contributed by atoms with Gasteiger partial charge in [0.05, 0.1) is 0 Å². The number of carbonyl (C=O) groups is 1. The van der Waals surface area contributed by atoms with Crippen LogP contribution in [0.25, 0.3) is 0 Å². The third kappa shape index (κ3) is 5.36. The summed E-state index contributed by atoms with van der Waals surface area (Å²) < 4.78 is 27.2. The Hall–Kier alpha value is -3.28. The lowest BCUT2D eigenvalue weighted by atomic mass is 10.1. The summed E-state index contributed by atoms with van der Waals surface area (Å²) >= 11 is 0. The summed E-state index contributed by atoms with van der Waals surface area (Å²) in [6.07, 6.45) is 2.47. The van der Waals surface area contributed by atoms with E-state index >= 15 is 0 Å². The van der Waals surface area contributed by atoms with E-state index in [1.807, 2.05) is 0 Å². The van der Waals surface area contributed by atoms with Gasteiger partial charge in [0.15, 0.2) is 0 Å². The lowest BCUT2D eigenvalue weighted by Crippen LogP contribution is -2.26. The van der Waals surface area contributed by atoms with E-state index < -0.39 is 0 Å². The van der Waals surface area contributed by atoms with Crippen molar-refractivity contribution in [3.63, 3.8) is 0 Å². The SMILES string of the molecule is O=C(NCCc1ccccc1F)c1cc(NCCc2ccccc2F)ccn1. The molecule has 0 spiro atoms. The van der Waals surface area contributed by atoms with Gasteiger partial charge in [-0.15, -0.1) is 0 Å². The number of nitrogens with zero attached hydrogens (tertiary/aromatic N) is 1. The summed E-state index contributed by atoms with van der Waals surface area (Å²) in [7, 11) is 0. The molecule has 0 fully saturated rings. The van der Waals surface area contributed by atoms with Crippen LogP contribution in [0.15, 0.2) is 66.9 Å². The number of hydrogen-bond donors (Lipinski definition) is 2. The molecular formula is C22H21F2N3O. The maximum absolute atomic E-state index is 13.6. The molecule has 0 radical (unpaired) electrons. The van der Waals surface area contributed by atoms with E-state index in [0.29, 0.717) is 37.1 Å². The van der Waals surface area contributed by atoms with Gasteiger partial charge in [-0.05, 0) is 48.2 Å². The molecule has 1 aromatic heterocycles. The smallest absolute Gasteiger partial charge is 0.269 e. The topological polar surface area (TPSA) is 54.0 Å². The summed E-state index contributed by atoms with van der Waals surface area (Å²) in [4.78, 5) is 16.3. The van der Waals surface area contributed by atoms with Gasteiger partial charge in [0.25, 0.3) is 5.91 Å². The number of rotatable bonds is 8. The molecule has 3 aromatic rings. The van der Waals surface area contributed by atoms with Crippen molar-refractivity contribution >= 4 is 11.6 Å². The highest BCUT2D eigenvalue weighted by Crippen LogP contribution is 2.11. The highest BCUT2D eigenvalue weighted by Gasteiger charge is 2.09. The number of anilines is 1. The minimum absolute atomic E-state index is 0.228. The zero-order valence-corrected chi connectivity index (χ0v) is 15.3. The molecule has 1 heterocycles. The first-order valence-electron chi connectivity index (χ1n) is 9.08. The molecule has 2 N–H and O–H groups in total. The highest BCUT2D eigenvalue weighted by molar-refractivity contribution is 5.93. The monoisotopic (exact) mass is 381 g/mol. The van der Waals surface area contributed by atoms with Gasteiger partial charge in [-0.2, -0.15) is 0 Å². The molecule has 0 atom stereocenters. The molecule has 0 aliphatic carbocycles. The number of pyridine rings is 1. The Labute approximate surface area is 162 Å². The van der Waals surface area contributed by atoms with Crippen molar-refractivity contribution in [3.8, 4) is 0 Å². The molecule has 0 bridgehead atoms. The fourth-order valence-corrected chi connectivity index (χ4v) is 2.81. The van der Waals surface area contributed by atoms with Gasteiger partial charge in [0.2, 0.25) is 0 Å². The normalized spacial score (nSPS) is 10.5. The summed E-state index contributed by atoms with van der Waals surface area (Å²) in [6, 6.07) is 16.5. The van der Waals surface area contributed by atoms with Crippen LogP contribution in [-0.2, 0) is 12.8 Å². The van der Waals surface area contributed by atoms with Gasteiger partial charge in [-0.3, -0.25) is 9.78 Å². The van der Waals surface area contributed by atoms with Crippen molar-refractivity contribution in [1.29, 1.82) is 0 Å². The molecule has 28 heavy (non-hydrogen) atoms. The Balaban J connectivity index is 1.50. The molecule has 0 saturated carbocycles. The molecule has 144 valence electrons. The average molecular weight is 381 g/mol. The third-order valence-electron chi connectivity index (χ3n) is 4.31. The zero-order valence-electron chi connectivity index (χ0n) is 15.3. The molecule has 1 amide bonds. The lowest BCUT2D eigenvalue weighted by Gasteiger charge is -2.09. The van der Waals surface area contributed by atoms with Gasteiger partial charge >= 0.3 is 0 Å². The van der Waals surface area contributed by atoms with Gasteiger partial charge in [-0.1, -0.05) is 36.4 Å². The first-order valence-corrected chi connectivity index (χ1v) is 9.08. The minimum Gasteiger partial charge on any atom is -0.385 e. The minimum atomic E-state index is -0.325. The van der Waals surface area contributed by atoms with E-state index in [1.165, 1.54) is 18.3 Å². The molecule has 0 aliphatic heterocycles. The summed E-state index contributed by atoms with van der Waals surface area (Å²) in [5, 5.41) is 5.91. The Morgan fingerprint density at radius 3 is 2.11 bits per heavy atom. The molecule has 0 saturated heterocycles. The number of aromatic nitrogens is 1. The maximum Gasteiger partial charge on any atom is 0.269 e. The van der Waals surface area contributed by atoms with Crippen LogP contribution in [0.5, 0.6) is 0 Å². The van der Waals surface area contributed by atoms with E-state index in [4.69, 9.17) is 0 Å². The average Bonchev–Trinajstić information content (AvgIpc) is 2.71. The van der Waals surface area contributed by atoms with Crippen LogP contribution in [0.1, 0.15) is 21.6 Å². The molecule has 0 unspecified atom stereocenters. The molecular weight excluding hydrogens is 360 g/mol. The standard InChI is InChI=1S/C22H21F2N3O/c23-19-7-3-1-5-16(19)9-12-25-18-11-14-26-21(15-18)22(28)27-13-10-17-6-2-4-8-20(17)24/h1-8,11,14-15H,9-10,12-13H2,(H,25,26)(H,27,28). The van der Waals surface area contributed by atoms with Crippen LogP contribution in [0.2, 0.25) is 0 Å². The predicted octanol–water partition coefficient (Wildman–Crippen LogP) is 3.99. The van der Waals surface area contributed by atoms with Crippen molar-refractivity contribution in [2.75, 3.05) is 18.4 Å². The van der Waals surface area contributed by atoms with Crippen LogP contribution in [0.4, 0.5) is 14.5 Å². The van der Waals surface area contributed by atoms with Crippen LogP contribution in [0.3, 0.4) is 0 Å². The second-order valence-electron chi connectivity index (χ2n) is 6.30. The zero-order chi connectivity index (χ0) is 19.8. The molecule has 0 aliphatic rings. The van der Waals surface area contributed by atoms with Gasteiger partial charge < -0.3 is 10.6 Å². The molecule has 4 nitrogen and oxygen atoms in total. The Morgan fingerprint density at radius 2 is 1.46 bits per heavy atom.